The Bertz CT molecular complexity index is 790. The second-order valence-electron chi connectivity index (χ2n) is 8.10. The second kappa shape index (κ2) is 10.3. The van der Waals surface area contributed by atoms with E-state index in [-0.39, 0.29) is 24.4 Å². The molecule has 2 aliphatic heterocycles. The van der Waals surface area contributed by atoms with Gasteiger partial charge in [-0.25, -0.2) is 4.79 Å². The molecule has 8 heteroatoms. The van der Waals surface area contributed by atoms with Crippen LogP contribution in [-0.2, 0) is 9.59 Å². The van der Waals surface area contributed by atoms with Crippen LogP contribution in [0.1, 0.15) is 32.6 Å². The third-order valence-electron chi connectivity index (χ3n) is 6.04. The third-order valence-corrected chi connectivity index (χ3v) is 6.04. The zero-order valence-electron chi connectivity index (χ0n) is 18.3. The molecule has 0 aliphatic carbocycles. The van der Waals surface area contributed by atoms with Gasteiger partial charge in [0.25, 0.3) is 5.91 Å². The summed E-state index contributed by atoms with van der Waals surface area (Å²) >= 11 is 0. The number of hydrogen-bond donors (Lipinski definition) is 2. The average Bonchev–Trinajstić information content (AvgIpc) is 3.05. The first-order valence-electron chi connectivity index (χ1n) is 11.0. The number of para-hydroxylation sites is 1. The number of benzene rings is 1. The predicted molar refractivity (Wildman–Crippen MR) is 121 cm³/mol. The molecule has 1 aromatic carbocycles. The fraction of sp³-hybridized carbons (Fsp3) is 0.522. The predicted octanol–water partition coefficient (Wildman–Crippen LogP) is 1.94. The SMILES string of the molecule is C=CCNC(=O)CN1CN(c2ccccc2)C2(CCN(C(=O)NCCCC)CC2)C1=O. The van der Waals surface area contributed by atoms with Crippen molar-refractivity contribution in [3.05, 3.63) is 43.0 Å². The number of hydrogen-bond acceptors (Lipinski definition) is 4. The van der Waals surface area contributed by atoms with E-state index in [0.29, 0.717) is 45.7 Å². The van der Waals surface area contributed by atoms with Gasteiger partial charge in [-0.2, -0.15) is 0 Å². The van der Waals surface area contributed by atoms with Gasteiger partial charge in [0, 0.05) is 31.9 Å². The average molecular weight is 428 g/mol. The number of unbranched alkanes of at least 4 members (excludes halogenated alkanes) is 1. The molecule has 2 aliphatic rings. The minimum Gasteiger partial charge on any atom is -0.351 e. The van der Waals surface area contributed by atoms with Crippen molar-refractivity contribution in [2.45, 2.75) is 38.1 Å². The summed E-state index contributed by atoms with van der Waals surface area (Å²) in [5.41, 5.74) is 0.214. The van der Waals surface area contributed by atoms with Crippen LogP contribution in [0.5, 0.6) is 0 Å². The van der Waals surface area contributed by atoms with E-state index in [1.807, 2.05) is 30.3 Å². The molecule has 8 nitrogen and oxygen atoms in total. The minimum atomic E-state index is -0.736. The van der Waals surface area contributed by atoms with E-state index in [9.17, 15) is 14.4 Å². The molecule has 168 valence electrons. The normalized spacial score (nSPS) is 17.7. The van der Waals surface area contributed by atoms with Crippen molar-refractivity contribution in [1.29, 1.82) is 0 Å². The van der Waals surface area contributed by atoms with Gasteiger partial charge in [0.15, 0.2) is 0 Å². The van der Waals surface area contributed by atoms with Gasteiger partial charge >= 0.3 is 6.03 Å². The molecule has 0 bridgehead atoms. The number of carbonyl (C=O) groups excluding carboxylic acids is 3. The van der Waals surface area contributed by atoms with Gasteiger partial charge in [-0.15, -0.1) is 6.58 Å². The number of piperidine rings is 1. The summed E-state index contributed by atoms with van der Waals surface area (Å²) in [4.78, 5) is 43.7. The van der Waals surface area contributed by atoms with Crippen LogP contribution in [0.3, 0.4) is 0 Å². The molecule has 0 radical (unpaired) electrons. The van der Waals surface area contributed by atoms with Crippen molar-refractivity contribution in [2.24, 2.45) is 0 Å². The molecule has 31 heavy (non-hydrogen) atoms. The van der Waals surface area contributed by atoms with E-state index in [4.69, 9.17) is 0 Å². The smallest absolute Gasteiger partial charge is 0.317 e. The largest absolute Gasteiger partial charge is 0.351 e. The molecule has 0 aromatic heterocycles. The molecule has 2 fully saturated rings. The lowest BCUT2D eigenvalue weighted by Gasteiger charge is -2.43. The van der Waals surface area contributed by atoms with Gasteiger partial charge in [-0.3, -0.25) is 9.59 Å². The summed E-state index contributed by atoms with van der Waals surface area (Å²) in [5, 5.41) is 5.70. The summed E-state index contributed by atoms with van der Waals surface area (Å²) in [6, 6.07) is 9.74. The van der Waals surface area contributed by atoms with E-state index in [1.54, 1.807) is 15.9 Å². The first-order chi connectivity index (χ1) is 15.0. The van der Waals surface area contributed by atoms with E-state index in [1.165, 1.54) is 0 Å². The van der Waals surface area contributed by atoms with E-state index in [2.05, 4.69) is 29.0 Å². The highest BCUT2D eigenvalue weighted by Crippen LogP contribution is 2.39. The third kappa shape index (κ3) is 5.00. The maximum Gasteiger partial charge on any atom is 0.317 e. The number of likely N-dealkylation sites (tertiary alicyclic amines) is 1. The fourth-order valence-electron chi connectivity index (χ4n) is 4.30. The molecule has 1 spiro atoms. The number of urea groups is 1. The molecule has 3 rings (SSSR count). The molecule has 0 atom stereocenters. The van der Waals surface area contributed by atoms with E-state index < -0.39 is 5.54 Å². The van der Waals surface area contributed by atoms with Gasteiger partial charge in [0.2, 0.25) is 5.91 Å². The Morgan fingerprint density at radius 3 is 2.52 bits per heavy atom. The van der Waals surface area contributed by atoms with Crippen LogP contribution in [0, 0.1) is 0 Å². The molecule has 1 aromatic rings. The molecule has 2 saturated heterocycles. The number of nitrogens with one attached hydrogen (secondary N) is 2. The zero-order chi connectivity index (χ0) is 22.3. The molecule has 4 amide bonds. The molecular weight excluding hydrogens is 394 g/mol. The Balaban J connectivity index is 1.74. The van der Waals surface area contributed by atoms with Crippen LogP contribution in [0.25, 0.3) is 0 Å². The van der Waals surface area contributed by atoms with Gasteiger partial charge in [-0.1, -0.05) is 37.6 Å². The Morgan fingerprint density at radius 2 is 1.87 bits per heavy atom. The summed E-state index contributed by atoms with van der Waals surface area (Å²) in [6.45, 7) is 8.10. The second-order valence-corrected chi connectivity index (χ2v) is 8.10. The highest BCUT2D eigenvalue weighted by molar-refractivity contribution is 5.96. The van der Waals surface area contributed by atoms with Gasteiger partial charge in [-0.05, 0) is 31.4 Å². The summed E-state index contributed by atoms with van der Waals surface area (Å²) < 4.78 is 0. The Kier molecular flexibility index (Phi) is 7.55. The first kappa shape index (κ1) is 22.7. The van der Waals surface area contributed by atoms with Crippen LogP contribution in [-0.4, -0.2) is 72.6 Å². The van der Waals surface area contributed by atoms with Crippen molar-refractivity contribution in [1.82, 2.24) is 20.4 Å². The highest BCUT2D eigenvalue weighted by Gasteiger charge is 2.54. The topological polar surface area (TPSA) is 85.0 Å². The Hall–Kier alpha value is -3.03. The highest BCUT2D eigenvalue weighted by atomic mass is 16.2. The lowest BCUT2D eigenvalue weighted by molar-refractivity contribution is -0.137. The molecular formula is C23H33N5O3. The van der Waals surface area contributed by atoms with Crippen LogP contribution >= 0.6 is 0 Å². The van der Waals surface area contributed by atoms with Crippen LogP contribution in [0.15, 0.2) is 43.0 Å². The van der Waals surface area contributed by atoms with Crippen LogP contribution < -0.4 is 15.5 Å². The Morgan fingerprint density at radius 1 is 1.16 bits per heavy atom. The summed E-state index contributed by atoms with van der Waals surface area (Å²) in [6.07, 6.45) is 4.66. The summed E-state index contributed by atoms with van der Waals surface area (Å²) in [7, 11) is 0. The van der Waals surface area contributed by atoms with Crippen LogP contribution in [0.4, 0.5) is 10.5 Å². The van der Waals surface area contributed by atoms with Crippen molar-refractivity contribution >= 4 is 23.5 Å². The van der Waals surface area contributed by atoms with Gasteiger partial charge < -0.3 is 25.3 Å². The molecule has 2 heterocycles. The van der Waals surface area contributed by atoms with Crippen molar-refractivity contribution in [3.8, 4) is 0 Å². The fourth-order valence-corrected chi connectivity index (χ4v) is 4.30. The minimum absolute atomic E-state index is 0.0129. The number of amides is 4. The number of rotatable bonds is 8. The molecule has 0 saturated carbocycles. The lowest BCUT2D eigenvalue weighted by Crippen LogP contribution is -2.58. The van der Waals surface area contributed by atoms with Crippen molar-refractivity contribution in [2.75, 3.05) is 44.3 Å². The molecule has 2 N–H and O–H groups in total. The Labute approximate surface area is 184 Å². The summed E-state index contributed by atoms with van der Waals surface area (Å²) in [5.74, 6) is -0.248. The van der Waals surface area contributed by atoms with Crippen LogP contribution in [0.2, 0.25) is 0 Å². The number of carbonyl (C=O) groups is 3. The maximum atomic E-state index is 13.5. The zero-order valence-corrected chi connectivity index (χ0v) is 18.3. The van der Waals surface area contributed by atoms with Gasteiger partial charge in [0.05, 0.1) is 6.67 Å². The standard InChI is InChI=1S/C23H33N5O3/c1-3-5-14-25-22(31)26-15-11-23(12-16-26)21(30)27(17-20(29)24-13-4-2)18-28(23)19-9-7-6-8-10-19/h4,6-10H,2-3,5,11-18H2,1H3,(H,24,29)(H,25,31). The first-order valence-corrected chi connectivity index (χ1v) is 11.0. The molecule has 0 unspecified atom stereocenters. The van der Waals surface area contributed by atoms with Crippen molar-refractivity contribution < 1.29 is 14.4 Å². The van der Waals surface area contributed by atoms with Crippen molar-refractivity contribution in [3.63, 3.8) is 0 Å². The maximum absolute atomic E-state index is 13.5. The van der Waals surface area contributed by atoms with E-state index in [0.717, 1.165) is 18.5 Å². The quantitative estimate of drug-likeness (QED) is 0.491. The monoisotopic (exact) mass is 427 g/mol. The van der Waals surface area contributed by atoms with Gasteiger partial charge in [0.1, 0.15) is 12.1 Å². The van der Waals surface area contributed by atoms with E-state index >= 15 is 0 Å². The lowest BCUT2D eigenvalue weighted by atomic mass is 9.85. The number of anilines is 1. The number of nitrogens with zero attached hydrogens (tertiary/aromatic N) is 3.